The lowest BCUT2D eigenvalue weighted by molar-refractivity contribution is 0.628. The van der Waals surface area contributed by atoms with Crippen molar-refractivity contribution in [3.05, 3.63) is 23.8 Å². The van der Waals surface area contributed by atoms with E-state index < -0.39 is 0 Å². The molecule has 1 atom stereocenters. The maximum atomic E-state index is 4.22. The minimum absolute atomic E-state index is 0.281. The topological polar surface area (TPSA) is 37.8 Å². The van der Waals surface area contributed by atoms with Gasteiger partial charge in [-0.05, 0) is 20.9 Å². The molecule has 1 heterocycles. The zero-order valence-electron chi connectivity index (χ0n) is 7.13. The van der Waals surface area contributed by atoms with Crippen molar-refractivity contribution in [1.29, 1.82) is 0 Å². The molecule has 1 N–H and O–H groups in total. The van der Waals surface area contributed by atoms with Gasteiger partial charge in [-0.15, -0.1) is 0 Å². The lowest BCUT2D eigenvalue weighted by Gasteiger charge is -2.07. The average Bonchev–Trinajstić information content (AvgIpc) is 2.05. The molecule has 1 unspecified atom stereocenters. The highest BCUT2D eigenvalue weighted by atomic mass is 14.9. The smallest absolute Gasteiger partial charge is 0.0753 e. The monoisotopic (exact) mass is 151 g/mol. The average molecular weight is 151 g/mol. The third kappa shape index (κ3) is 1.98. The van der Waals surface area contributed by atoms with E-state index in [1.807, 2.05) is 14.0 Å². The quantitative estimate of drug-likeness (QED) is 0.687. The first-order chi connectivity index (χ1) is 5.24. The Morgan fingerprint density at radius 3 is 2.55 bits per heavy atom. The van der Waals surface area contributed by atoms with Gasteiger partial charge in [0.25, 0.3) is 0 Å². The van der Waals surface area contributed by atoms with Crippen LogP contribution in [0.5, 0.6) is 0 Å². The predicted molar refractivity (Wildman–Crippen MR) is 44.2 cm³/mol. The van der Waals surface area contributed by atoms with Crippen LogP contribution in [0, 0.1) is 6.92 Å². The van der Waals surface area contributed by atoms with Crippen LogP contribution in [0.1, 0.15) is 24.4 Å². The van der Waals surface area contributed by atoms with E-state index in [9.17, 15) is 0 Å². The van der Waals surface area contributed by atoms with E-state index in [0.29, 0.717) is 0 Å². The molecule has 0 fully saturated rings. The summed E-state index contributed by atoms with van der Waals surface area (Å²) in [5, 5.41) is 3.10. The molecule has 0 aliphatic rings. The molecule has 1 aromatic heterocycles. The fourth-order valence-corrected chi connectivity index (χ4v) is 0.774. The van der Waals surface area contributed by atoms with Gasteiger partial charge in [0.2, 0.25) is 0 Å². The van der Waals surface area contributed by atoms with E-state index >= 15 is 0 Å². The standard InChI is InChI=1S/C8H13N3/c1-6-4-11-8(5-10-6)7(2)9-3/h4-5,7,9H,1-3H3. The molecule has 0 bridgehead atoms. The Bertz CT molecular complexity index is 217. The summed E-state index contributed by atoms with van der Waals surface area (Å²) in [5.74, 6) is 0. The molecule has 0 aliphatic heterocycles. The summed E-state index contributed by atoms with van der Waals surface area (Å²) in [6.07, 6.45) is 3.58. The van der Waals surface area contributed by atoms with E-state index in [0.717, 1.165) is 11.4 Å². The van der Waals surface area contributed by atoms with Gasteiger partial charge >= 0.3 is 0 Å². The molecule has 0 aliphatic carbocycles. The van der Waals surface area contributed by atoms with Gasteiger partial charge in [0.15, 0.2) is 0 Å². The van der Waals surface area contributed by atoms with E-state index in [2.05, 4.69) is 22.2 Å². The first kappa shape index (κ1) is 8.14. The minimum Gasteiger partial charge on any atom is -0.312 e. The van der Waals surface area contributed by atoms with E-state index in [4.69, 9.17) is 0 Å². The van der Waals surface area contributed by atoms with Gasteiger partial charge in [-0.25, -0.2) is 0 Å². The van der Waals surface area contributed by atoms with Crippen molar-refractivity contribution in [3.8, 4) is 0 Å². The summed E-state index contributed by atoms with van der Waals surface area (Å²) in [6.45, 7) is 3.99. The summed E-state index contributed by atoms with van der Waals surface area (Å²) in [6, 6.07) is 0.281. The minimum atomic E-state index is 0.281. The van der Waals surface area contributed by atoms with Crippen LogP contribution in [0.25, 0.3) is 0 Å². The van der Waals surface area contributed by atoms with Gasteiger partial charge in [-0.3, -0.25) is 9.97 Å². The largest absolute Gasteiger partial charge is 0.312 e. The molecule has 0 aromatic carbocycles. The summed E-state index contributed by atoms with van der Waals surface area (Å²) in [5.41, 5.74) is 1.94. The van der Waals surface area contributed by atoms with Gasteiger partial charge in [-0.1, -0.05) is 0 Å². The van der Waals surface area contributed by atoms with Crippen molar-refractivity contribution in [2.75, 3.05) is 7.05 Å². The Morgan fingerprint density at radius 1 is 1.36 bits per heavy atom. The molecule has 1 rings (SSSR count). The molecule has 0 saturated heterocycles. The Hall–Kier alpha value is -0.960. The van der Waals surface area contributed by atoms with Crippen molar-refractivity contribution in [3.63, 3.8) is 0 Å². The normalized spacial score (nSPS) is 13.0. The molecule has 3 nitrogen and oxygen atoms in total. The fraction of sp³-hybridized carbons (Fsp3) is 0.500. The number of rotatable bonds is 2. The van der Waals surface area contributed by atoms with Crippen molar-refractivity contribution in [2.24, 2.45) is 0 Å². The second-order valence-corrected chi connectivity index (χ2v) is 2.59. The van der Waals surface area contributed by atoms with Crippen LogP contribution in [-0.2, 0) is 0 Å². The van der Waals surface area contributed by atoms with Crippen LogP contribution in [0.15, 0.2) is 12.4 Å². The summed E-state index contributed by atoms with van der Waals surface area (Å²) in [4.78, 5) is 8.37. The number of hydrogen-bond donors (Lipinski definition) is 1. The second-order valence-electron chi connectivity index (χ2n) is 2.59. The maximum absolute atomic E-state index is 4.22. The molecule has 0 spiro atoms. The Morgan fingerprint density at radius 2 is 2.09 bits per heavy atom. The van der Waals surface area contributed by atoms with Crippen LogP contribution in [0.2, 0.25) is 0 Å². The third-order valence-electron chi connectivity index (χ3n) is 1.68. The first-order valence-electron chi connectivity index (χ1n) is 3.70. The molecular formula is C8H13N3. The van der Waals surface area contributed by atoms with Gasteiger partial charge < -0.3 is 5.32 Å². The highest BCUT2D eigenvalue weighted by molar-refractivity contribution is 5.04. The van der Waals surface area contributed by atoms with Crippen LogP contribution < -0.4 is 5.32 Å². The summed E-state index contributed by atoms with van der Waals surface area (Å²) in [7, 11) is 1.91. The van der Waals surface area contributed by atoms with Crippen molar-refractivity contribution < 1.29 is 0 Å². The molecule has 1 aromatic rings. The van der Waals surface area contributed by atoms with E-state index in [1.165, 1.54) is 0 Å². The zero-order chi connectivity index (χ0) is 8.27. The first-order valence-corrected chi connectivity index (χ1v) is 3.70. The molecular weight excluding hydrogens is 138 g/mol. The highest BCUT2D eigenvalue weighted by Crippen LogP contribution is 2.05. The van der Waals surface area contributed by atoms with Crippen LogP contribution in [0.4, 0.5) is 0 Å². The number of hydrogen-bond acceptors (Lipinski definition) is 3. The Kier molecular flexibility index (Phi) is 2.54. The zero-order valence-corrected chi connectivity index (χ0v) is 7.13. The van der Waals surface area contributed by atoms with Crippen LogP contribution in [0.3, 0.4) is 0 Å². The Balaban J connectivity index is 2.81. The molecule has 60 valence electrons. The van der Waals surface area contributed by atoms with Gasteiger partial charge in [0, 0.05) is 12.2 Å². The maximum Gasteiger partial charge on any atom is 0.0753 e. The predicted octanol–water partition coefficient (Wildman–Crippen LogP) is 1.07. The second kappa shape index (κ2) is 3.44. The van der Waals surface area contributed by atoms with Gasteiger partial charge in [0.05, 0.1) is 17.6 Å². The molecule has 0 saturated carbocycles. The SMILES string of the molecule is CNC(C)c1cnc(C)cn1. The van der Waals surface area contributed by atoms with E-state index in [-0.39, 0.29) is 6.04 Å². The van der Waals surface area contributed by atoms with Crippen molar-refractivity contribution in [2.45, 2.75) is 19.9 Å². The fourth-order valence-electron chi connectivity index (χ4n) is 0.774. The van der Waals surface area contributed by atoms with Crippen LogP contribution >= 0.6 is 0 Å². The van der Waals surface area contributed by atoms with Crippen LogP contribution in [-0.4, -0.2) is 17.0 Å². The summed E-state index contributed by atoms with van der Waals surface area (Å²) >= 11 is 0. The number of nitrogens with zero attached hydrogens (tertiary/aromatic N) is 2. The molecule has 0 amide bonds. The molecule has 0 radical (unpaired) electrons. The number of nitrogens with one attached hydrogen (secondary N) is 1. The molecule has 11 heavy (non-hydrogen) atoms. The van der Waals surface area contributed by atoms with Crippen molar-refractivity contribution >= 4 is 0 Å². The highest BCUT2D eigenvalue weighted by Gasteiger charge is 2.02. The summed E-state index contributed by atoms with van der Waals surface area (Å²) < 4.78 is 0. The van der Waals surface area contributed by atoms with Gasteiger partial charge in [0.1, 0.15) is 0 Å². The lowest BCUT2D eigenvalue weighted by atomic mass is 10.2. The number of aryl methyl sites for hydroxylation is 1. The van der Waals surface area contributed by atoms with Gasteiger partial charge in [-0.2, -0.15) is 0 Å². The van der Waals surface area contributed by atoms with E-state index in [1.54, 1.807) is 12.4 Å². The van der Waals surface area contributed by atoms with Crippen molar-refractivity contribution in [1.82, 2.24) is 15.3 Å². The number of aromatic nitrogens is 2. The Labute approximate surface area is 66.9 Å². The molecule has 3 heteroatoms. The lowest BCUT2D eigenvalue weighted by Crippen LogP contribution is -2.14. The third-order valence-corrected chi connectivity index (χ3v) is 1.68.